The zero-order chi connectivity index (χ0) is 16.0. The van der Waals surface area contributed by atoms with Crippen molar-refractivity contribution < 1.29 is 4.79 Å². The first-order valence-electron chi connectivity index (χ1n) is 9.12. The Kier molecular flexibility index (Phi) is 4.28. The van der Waals surface area contributed by atoms with Gasteiger partial charge in [0, 0.05) is 31.7 Å². The molecule has 0 aromatic carbocycles. The monoisotopic (exact) mass is 307 g/mol. The number of nitrogens with one attached hydrogen (secondary N) is 1. The topological polar surface area (TPSA) is 35.6 Å². The number of hydrogen-bond acceptors (Lipinski definition) is 3. The Bertz CT molecular complexity index is 428. The third-order valence-electron chi connectivity index (χ3n) is 7.29. The number of piperazine rings is 1. The van der Waals surface area contributed by atoms with Gasteiger partial charge in [0.2, 0.25) is 5.91 Å². The number of amides is 1. The van der Waals surface area contributed by atoms with Crippen molar-refractivity contribution in [3.8, 4) is 0 Å². The van der Waals surface area contributed by atoms with Crippen LogP contribution in [0.15, 0.2) is 0 Å². The minimum Gasteiger partial charge on any atom is -0.349 e. The van der Waals surface area contributed by atoms with Crippen molar-refractivity contribution in [2.45, 2.75) is 52.5 Å². The van der Waals surface area contributed by atoms with E-state index in [1.165, 1.54) is 19.3 Å². The molecular weight excluding hydrogens is 274 g/mol. The van der Waals surface area contributed by atoms with Crippen LogP contribution in [0.25, 0.3) is 0 Å². The molecule has 0 aromatic rings. The summed E-state index contributed by atoms with van der Waals surface area (Å²) in [4.78, 5) is 17.4. The van der Waals surface area contributed by atoms with E-state index in [1.807, 2.05) is 0 Å². The van der Waals surface area contributed by atoms with E-state index in [2.05, 4.69) is 42.8 Å². The molecule has 4 heteroatoms. The molecule has 4 nitrogen and oxygen atoms in total. The summed E-state index contributed by atoms with van der Waals surface area (Å²) in [5, 5.41) is 3.46. The molecule has 3 fully saturated rings. The van der Waals surface area contributed by atoms with Gasteiger partial charge in [-0.05, 0) is 50.0 Å². The Morgan fingerprint density at radius 2 is 1.64 bits per heavy atom. The predicted molar refractivity (Wildman–Crippen MR) is 89.7 cm³/mol. The number of rotatable bonds is 4. The molecule has 1 heterocycles. The SMILES string of the molecule is CCN1CCN(CC(=O)N[C@]2(C)[C@H]3CC[C@H](C3)C2(C)C)CC1. The van der Waals surface area contributed by atoms with Crippen LogP contribution in [0.5, 0.6) is 0 Å². The summed E-state index contributed by atoms with van der Waals surface area (Å²) in [6.07, 6.45) is 3.95. The van der Waals surface area contributed by atoms with Crippen molar-refractivity contribution in [3.05, 3.63) is 0 Å². The third kappa shape index (κ3) is 2.58. The second-order valence-electron chi connectivity index (χ2n) is 8.39. The lowest BCUT2D eigenvalue weighted by atomic mass is 9.64. The average Bonchev–Trinajstić information content (AvgIpc) is 3.03. The van der Waals surface area contributed by atoms with Gasteiger partial charge in [-0.15, -0.1) is 0 Å². The molecule has 1 aliphatic heterocycles. The van der Waals surface area contributed by atoms with Gasteiger partial charge >= 0.3 is 0 Å². The Hall–Kier alpha value is -0.610. The molecule has 1 amide bonds. The van der Waals surface area contributed by atoms with Crippen molar-refractivity contribution in [2.24, 2.45) is 17.3 Å². The zero-order valence-electron chi connectivity index (χ0n) is 14.8. The van der Waals surface area contributed by atoms with Gasteiger partial charge < -0.3 is 10.2 Å². The van der Waals surface area contributed by atoms with E-state index >= 15 is 0 Å². The maximum Gasteiger partial charge on any atom is 0.234 e. The van der Waals surface area contributed by atoms with Crippen LogP contribution in [0.2, 0.25) is 0 Å². The molecule has 3 atom stereocenters. The minimum atomic E-state index is -0.0156. The van der Waals surface area contributed by atoms with Gasteiger partial charge in [-0.2, -0.15) is 0 Å². The van der Waals surface area contributed by atoms with E-state index in [0.717, 1.165) is 38.6 Å². The molecule has 2 bridgehead atoms. The number of nitrogens with zero attached hydrogens (tertiary/aromatic N) is 2. The summed E-state index contributed by atoms with van der Waals surface area (Å²) in [5.74, 6) is 1.69. The molecule has 22 heavy (non-hydrogen) atoms. The molecule has 0 radical (unpaired) electrons. The highest BCUT2D eigenvalue weighted by atomic mass is 16.2. The van der Waals surface area contributed by atoms with Crippen LogP contribution < -0.4 is 5.32 Å². The van der Waals surface area contributed by atoms with Crippen molar-refractivity contribution in [1.29, 1.82) is 0 Å². The normalized spacial score (nSPS) is 38.4. The Balaban J connectivity index is 1.56. The molecule has 2 aliphatic carbocycles. The van der Waals surface area contributed by atoms with E-state index in [0.29, 0.717) is 12.5 Å². The van der Waals surface area contributed by atoms with E-state index in [9.17, 15) is 4.79 Å². The quantitative estimate of drug-likeness (QED) is 0.862. The first kappa shape index (κ1) is 16.3. The Labute approximate surface area is 135 Å². The smallest absolute Gasteiger partial charge is 0.234 e. The average molecular weight is 307 g/mol. The second-order valence-corrected chi connectivity index (χ2v) is 8.39. The fraction of sp³-hybridized carbons (Fsp3) is 0.944. The summed E-state index contributed by atoms with van der Waals surface area (Å²) in [5.41, 5.74) is 0.213. The largest absolute Gasteiger partial charge is 0.349 e. The van der Waals surface area contributed by atoms with Crippen LogP contribution >= 0.6 is 0 Å². The van der Waals surface area contributed by atoms with Crippen molar-refractivity contribution in [2.75, 3.05) is 39.3 Å². The molecule has 3 rings (SSSR count). The van der Waals surface area contributed by atoms with Crippen LogP contribution in [0.3, 0.4) is 0 Å². The number of hydrogen-bond donors (Lipinski definition) is 1. The third-order valence-corrected chi connectivity index (χ3v) is 7.29. The van der Waals surface area contributed by atoms with Crippen LogP contribution in [-0.4, -0.2) is 60.5 Å². The van der Waals surface area contributed by atoms with E-state index in [4.69, 9.17) is 0 Å². The first-order valence-corrected chi connectivity index (χ1v) is 9.12. The number of fused-ring (bicyclic) bond motifs is 2. The highest BCUT2D eigenvalue weighted by molar-refractivity contribution is 5.79. The molecule has 2 saturated carbocycles. The molecule has 0 spiro atoms. The number of carbonyl (C=O) groups excluding carboxylic acids is 1. The molecular formula is C18H33N3O. The van der Waals surface area contributed by atoms with Crippen molar-refractivity contribution in [3.63, 3.8) is 0 Å². The van der Waals surface area contributed by atoms with Gasteiger partial charge in [-0.25, -0.2) is 0 Å². The van der Waals surface area contributed by atoms with E-state index in [1.54, 1.807) is 0 Å². The summed E-state index contributed by atoms with van der Waals surface area (Å²) < 4.78 is 0. The highest BCUT2D eigenvalue weighted by Gasteiger charge is 2.60. The van der Waals surface area contributed by atoms with Crippen LogP contribution in [0.4, 0.5) is 0 Å². The van der Waals surface area contributed by atoms with Crippen LogP contribution in [-0.2, 0) is 4.79 Å². The van der Waals surface area contributed by atoms with Crippen LogP contribution in [0.1, 0.15) is 47.0 Å². The molecule has 1 N–H and O–H groups in total. The van der Waals surface area contributed by atoms with Gasteiger partial charge in [-0.3, -0.25) is 9.69 Å². The number of likely N-dealkylation sites (N-methyl/N-ethyl adjacent to an activating group) is 1. The first-order chi connectivity index (χ1) is 10.4. The molecule has 126 valence electrons. The van der Waals surface area contributed by atoms with Crippen molar-refractivity contribution in [1.82, 2.24) is 15.1 Å². The van der Waals surface area contributed by atoms with Gasteiger partial charge in [0.15, 0.2) is 0 Å². The maximum atomic E-state index is 12.6. The molecule has 3 aliphatic rings. The van der Waals surface area contributed by atoms with E-state index in [-0.39, 0.29) is 16.9 Å². The minimum absolute atomic E-state index is 0.0156. The van der Waals surface area contributed by atoms with Crippen molar-refractivity contribution >= 4 is 5.91 Å². The molecule has 0 aromatic heterocycles. The summed E-state index contributed by atoms with van der Waals surface area (Å²) >= 11 is 0. The lowest BCUT2D eigenvalue weighted by molar-refractivity contribution is -0.127. The highest BCUT2D eigenvalue weighted by Crippen LogP contribution is 2.61. The van der Waals surface area contributed by atoms with Gasteiger partial charge in [0.1, 0.15) is 0 Å². The Morgan fingerprint density at radius 3 is 2.18 bits per heavy atom. The fourth-order valence-corrected chi connectivity index (χ4v) is 5.17. The van der Waals surface area contributed by atoms with Gasteiger partial charge in [0.25, 0.3) is 0 Å². The maximum absolute atomic E-state index is 12.6. The van der Waals surface area contributed by atoms with Gasteiger partial charge in [0.05, 0.1) is 6.54 Å². The number of carbonyl (C=O) groups is 1. The Morgan fingerprint density at radius 1 is 1.05 bits per heavy atom. The predicted octanol–water partition coefficient (Wildman–Crippen LogP) is 1.95. The molecule has 0 unspecified atom stereocenters. The standard InChI is InChI=1S/C18H33N3O/c1-5-20-8-10-21(11-9-20)13-16(22)19-18(4)15-7-6-14(12-15)17(18,2)3/h14-15H,5-13H2,1-4H3,(H,19,22)/t14-,15+,18-/m1/s1. The lowest BCUT2D eigenvalue weighted by Crippen LogP contribution is -2.61. The summed E-state index contributed by atoms with van der Waals surface area (Å²) in [6, 6.07) is 0. The summed E-state index contributed by atoms with van der Waals surface area (Å²) in [6.45, 7) is 15.1. The summed E-state index contributed by atoms with van der Waals surface area (Å²) in [7, 11) is 0. The van der Waals surface area contributed by atoms with Crippen LogP contribution in [0, 0.1) is 17.3 Å². The van der Waals surface area contributed by atoms with E-state index < -0.39 is 0 Å². The second kappa shape index (κ2) is 5.79. The van der Waals surface area contributed by atoms with Gasteiger partial charge in [-0.1, -0.05) is 20.8 Å². The zero-order valence-corrected chi connectivity index (χ0v) is 14.8. The fourth-order valence-electron chi connectivity index (χ4n) is 5.17. The lowest BCUT2D eigenvalue weighted by Gasteiger charge is -2.48. The molecule has 1 saturated heterocycles.